The molecule has 0 saturated carbocycles. The number of hydrogen-bond acceptors (Lipinski definition) is 2. The zero-order valence-corrected chi connectivity index (χ0v) is 10.6. The molecule has 0 aromatic rings. The molecule has 84 valence electrons. The van der Waals surface area contributed by atoms with Gasteiger partial charge in [0.25, 0.3) is 0 Å². The maximum atomic E-state index is 6.01. The highest BCUT2D eigenvalue weighted by Gasteiger charge is 2.37. The molecule has 14 heavy (non-hydrogen) atoms. The van der Waals surface area contributed by atoms with Gasteiger partial charge in [-0.05, 0) is 41.0 Å². The molecule has 1 fully saturated rings. The monoisotopic (exact) mass is 199 g/mol. The van der Waals surface area contributed by atoms with Crippen LogP contribution in [-0.2, 0) is 4.74 Å². The van der Waals surface area contributed by atoms with Gasteiger partial charge < -0.3 is 4.74 Å². The second kappa shape index (κ2) is 3.82. The van der Waals surface area contributed by atoms with Crippen molar-refractivity contribution in [3.8, 4) is 0 Å². The van der Waals surface area contributed by atoms with E-state index in [4.69, 9.17) is 4.74 Å². The van der Waals surface area contributed by atoms with Gasteiger partial charge >= 0.3 is 0 Å². The Labute approximate surface area is 88.6 Å². The zero-order valence-electron chi connectivity index (χ0n) is 10.6. The molecule has 0 aromatic heterocycles. The summed E-state index contributed by atoms with van der Waals surface area (Å²) >= 11 is 0. The van der Waals surface area contributed by atoms with Gasteiger partial charge in [0, 0.05) is 18.6 Å². The smallest absolute Gasteiger partial charge is 0.0836 e. The van der Waals surface area contributed by atoms with Crippen molar-refractivity contribution >= 4 is 0 Å². The molecular formula is C12H25NO. The first-order chi connectivity index (χ1) is 6.24. The van der Waals surface area contributed by atoms with Crippen molar-refractivity contribution in [1.29, 1.82) is 0 Å². The fraction of sp³-hybridized carbons (Fsp3) is 1.00. The first kappa shape index (κ1) is 12.0. The molecule has 2 heteroatoms. The molecule has 0 aromatic carbocycles. The van der Waals surface area contributed by atoms with Crippen LogP contribution >= 0.6 is 0 Å². The van der Waals surface area contributed by atoms with Gasteiger partial charge in [0.1, 0.15) is 0 Å². The Hall–Kier alpha value is -0.0800. The molecule has 0 amide bonds. The first-order valence-corrected chi connectivity index (χ1v) is 5.67. The van der Waals surface area contributed by atoms with E-state index in [-0.39, 0.29) is 5.60 Å². The molecule has 0 aliphatic carbocycles. The summed E-state index contributed by atoms with van der Waals surface area (Å²) in [6, 6.07) is 0. The van der Waals surface area contributed by atoms with Gasteiger partial charge in [-0.2, -0.15) is 0 Å². The Morgan fingerprint density at radius 3 is 2.00 bits per heavy atom. The highest BCUT2D eigenvalue weighted by Crippen LogP contribution is 2.26. The van der Waals surface area contributed by atoms with Crippen LogP contribution in [0.2, 0.25) is 0 Å². The Morgan fingerprint density at radius 1 is 1.14 bits per heavy atom. The summed E-state index contributed by atoms with van der Waals surface area (Å²) in [6.45, 7) is 15.5. The van der Waals surface area contributed by atoms with E-state index in [0.717, 1.165) is 19.5 Å². The van der Waals surface area contributed by atoms with E-state index in [1.165, 1.54) is 0 Å². The van der Waals surface area contributed by atoms with Crippen LogP contribution in [0.15, 0.2) is 0 Å². The molecule has 1 heterocycles. The van der Waals surface area contributed by atoms with Gasteiger partial charge in [-0.25, -0.2) is 0 Å². The highest BCUT2D eigenvalue weighted by molar-refractivity contribution is 4.90. The maximum absolute atomic E-state index is 6.01. The van der Waals surface area contributed by atoms with Crippen LogP contribution in [0.1, 0.15) is 48.0 Å². The highest BCUT2D eigenvalue weighted by atomic mass is 16.5. The van der Waals surface area contributed by atoms with Gasteiger partial charge in [0.15, 0.2) is 0 Å². The van der Waals surface area contributed by atoms with Crippen molar-refractivity contribution in [3.63, 3.8) is 0 Å². The maximum Gasteiger partial charge on any atom is 0.0836 e. The third-order valence-electron chi connectivity index (χ3n) is 3.13. The van der Waals surface area contributed by atoms with Gasteiger partial charge in [-0.3, -0.25) is 4.90 Å². The molecule has 0 N–H and O–H groups in total. The lowest BCUT2D eigenvalue weighted by molar-refractivity contribution is -0.151. The van der Waals surface area contributed by atoms with Crippen molar-refractivity contribution in [2.75, 3.05) is 13.1 Å². The van der Waals surface area contributed by atoms with Crippen molar-refractivity contribution in [2.24, 2.45) is 0 Å². The Morgan fingerprint density at radius 2 is 1.64 bits per heavy atom. The Bertz CT molecular complexity index is 187. The molecule has 0 unspecified atom stereocenters. The average molecular weight is 199 g/mol. The first-order valence-electron chi connectivity index (χ1n) is 5.67. The second-order valence-corrected chi connectivity index (χ2v) is 5.93. The molecular weight excluding hydrogens is 174 g/mol. The number of ether oxygens (including phenoxy) is 1. The fourth-order valence-corrected chi connectivity index (χ4v) is 1.59. The van der Waals surface area contributed by atoms with Gasteiger partial charge in [0.05, 0.1) is 11.7 Å². The second-order valence-electron chi connectivity index (χ2n) is 5.93. The van der Waals surface area contributed by atoms with E-state index in [9.17, 15) is 0 Å². The third-order valence-corrected chi connectivity index (χ3v) is 3.13. The topological polar surface area (TPSA) is 12.5 Å². The molecule has 1 aliphatic heterocycles. The summed E-state index contributed by atoms with van der Waals surface area (Å²) < 4.78 is 6.01. The molecule has 0 spiro atoms. The zero-order chi connectivity index (χ0) is 11.0. The average Bonchev–Trinajstić information content (AvgIpc) is 1.94. The lowest BCUT2D eigenvalue weighted by Gasteiger charge is -2.49. The van der Waals surface area contributed by atoms with E-state index >= 15 is 0 Å². The molecule has 0 atom stereocenters. The minimum absolute atomic E-state index is 0.0502. The summed E-state index contributed by atoms with van der Waals surface area (Å²) in [6.07, 6.45) is 1.53. The summed E-state index contributed by atoms with van der Waals surface area (Å²) in [4.78, 5) is 2.46. The molecule has 1 saturated heterocycles. The number of rotatable bonds is 3. The third kappa shape index (κ3) is 2.96. The van der Waals surface area contributed by atoms with Crippen LogP contribution in [0.25, 0.3) is 0 Å². The minimum Gasteiger partial charge on any atom is -0.370 e. The predicted molar refractivity (Wildman–Crippen MR) is 60.6 cm³/mol. The number of nitrogens with zero attached hydrogens (tertiary/aromatic N) is 1. The van der Waals surface area contributed by atoms with E-state index < -0.39 is 0 Å². The van der Waals surface area contributed by atoms with Gasteiger partial charge in [0.2, 0.25) is 0 Å². The van der Waals surface area contributed by atoms with Crippen LogP contribution in [0.5, 0.6) is 0 Å². The predicted octanol–water partition coefficient (Wildman–Crippen LogP) is 2.67. The normalized spacial score (nSPS) is 21.0. The fourth-order valence-electron chi connectivity index (χ4n) is 1.59. The van der Waals surface area contributed by atoms with E-state index in [1.54, 1.807) is 0 Å². The summed E-state index contributed by atoms with van der Waals surface area (Å²) in [7, 11) is 0. The molecule has 0 radical (unpaired) electrons. The van der Waals surface area contributed by atoms with E-state index in [2.05, 4.69) is 46.4 Å². The van der Waals surface area contributed by atoms with Gasteiger partial charge in [-0.15, -0.1) is 0 Å². The molecule has 1 rings (SSSR count). The molecule has 0 bridgehead atoms. The lowest BCUT2D eigenvalue weighted by Crippen LogP contribution is -2.61. The molecule has 2 nitrogen and oxygen atoms in total. The number of likely N-dealkylation sites (tertiary alicyclic amines) is 1. The van der Waals surface area contributed by atoms with Gasteiger partial charge in [-0.1, -0.05) is 6.92 Å². The van der Waals surface area contributed by atoms with Crippen molar-refractivity contribution < 1.29 is 4.74 Å². The number of hydrogen-bond donors (Lipinski definition) is 0. The Balaban J connectivity index is 2.29. The Kier molecular flexibility index (Phi) is 3.27. The quantitative estimate of drug-likeness (QED) is 0.693. The molecule has 1 aliphatic rings. The summed E-state index contributed by atoms with van der Waals surface area (Å²) in [5.74, 6) is 0. The van der Waals surface area contributed by atoms with Crippen LogP contribution in [0, 0.1) is 0 Å². The minimum atomic E-state index is 0.0502. The lowest BCUT2D eigenvalue weighted by atomic mass is 9.98. The largest absolute Gasteiger partial charge is 0.370 e. The van der Waals surface area contributed by atoms with Crippen LogP contribution < -0.4 is 0 Å². The standard InChI is InChI=1S/C12H25NO/c1-7-12(5,6)14-10-8-13(9-10)11(2,3)4/h10H,7-9H2,1-6H3. The van der Waals surface area contributed by atoms with Crippen molar-refractivity contribution in [2.45, 2.75) is 65.2 Å². The van der Waals surface area contributed by atoms with Crippen LogP contribution in [-0.4, -0.2) is 35.2 Å². The SMILES string of the molecule is CCC(C)(C)OC1CN(C(C)(C)C)C1. The van der Waals surface area contributed by atoms with E-state index in [0.29, 0.717) is 11.6 Å². The summed E-state index contributed by atoms with van der Waals surface area (Å²) in [5.41, 5.74) is 0.352. The summed E-state index contributed by atoms with van der Waals surface area (Å²) in [5, 5.41) is 0. The van der Waals surface area contributed by atoms with E-state index in [1.807, 2.05) is 0 Å². The van der Waals surface area contributed by atoms with Crippen molar-refractivity contribution in [1.82, 2.24) is 4.90 Å². The van der Waals surface area contributed by atoms with Crippen molar-refractivity contribution in [3.05, 3.63) is 0 Å². The van der Waals surface area contributed by atoms with Crippen LogP contribution in [0.3, 0.4) is 0 Å². The van der Waals surface area contributed by atoms with Crippen LogP contribution in [0.4, 0.5) is 0 Å².